The number of nitrogens with one attached hydrogen (secondary N) is 1. The molecule has 5 heteroatoms. The number of allylic oxidation sites excluding steroid dienone is 2. The smallest absolute Gasteiger partial charge is 0.157 e. The summed E-state index contributed by atoms with van der Waals surface area (Å²) in [6.07, 6.45) is 6.03. The lowest BCUT2D eigenvalue weighted by Gasteiger charge is -2.29. The Morgan fingerprint density at radius 2 is 2.18 bits per heavy atom. The number of carbonyl (C=O) groups excluding carboxylic acids is 1. The highest BCUT2D eigenvalue weighted by Crippen LogP contribution is 2.34. The summed E-state index contributed by atoms with van der Waals surface area (Å²) < 4.78 is 0. The first kappa shape index (κ1) is 11.6. The van der Waals surface area contributed by atoms with E-state index in [9.17, 15) is 4.79 Å². The van der Waals surface area contributed by atoms with Crippen molar-refractivity contribution >= 4 is 17.3 Å². The van der Waals surface area contributed by atoms with Crippen molar-refractivity contribution in [2.24, 2.45) is 5.41 Å². The molecule has 0 amide bonds. The molecular weight excluding hydrogens is 216 g/mol. The van der Waals surface area contributed by atoms with E-state index in [4.69, 9.17) is 5.73 Å². The van der Waals surface area contributed by atoms with Crippen LogP contribution in [0.15, 0.2) is 24.3 Å². The fourth-order valence-corrected chi connectivity index (χ4v) is 2.03. The Labute approximate surface area is 100 Å². The Balaban J connectivity index is 2.20. The van der Waals surface area contributed by atoms with Gasteiger partial charge in [0.15, 0.2) is 11.6 Å². The molecule has 5 nitrogen and oxygen atoms in total. The van der Waals surface area contributed by atoms with Gasteiger partial charge in [-0.15, -0.1) is 0 Å². The zero-order valence-corrected chi connectivity index (χ0v) is 10.0. The zero-order valence-electron chi connectivity index (χ0n) is 10.0. The fourth-order valence-electron chi connectivity index (χ4n) is 2.03. The van der Waals surface area contributed by atoms with Gasteiger partial charge in [0, 0.05) is 18.2 Å². The normalized spacial score (nSPS) is 18.7. The van der Waals surface area contributed by atoms with Crippen molar-refractivity contribution in [2.75, 3.05) is 11.1 Å². The number of hydrogen-bond acceptors (Lipinski definition) is 5. The maximum absolute atomic E-state index is 11.6. The lowest BCUT2D eigenvalue weighted by Crippen LogP contribution is -2.24. The topological polar surface area (TPSA) is 80.9 Å². The summed E-state index contributed by atoms with van der Waals surface area (Å²) in [5, 5.41) is 3.13. The van der Waals surface area contributed by atoms with Crippen molar-refractivity contribution in [3.8, 4) is 0 Å². The molecule has 0 fully saturated rings. The van der Waals surface area contributed by atoms with Crippen molar-refractivity contribution in [3.63, 3.8) is 0 Å². The van der Waals surface area contributed by atoms with Gasteiger partial charge in [-0.3, -0.25) is 4.79 Å². The Morgan fingerprint density at radius 1 is 1.41 bits per heavy atom. The van der Waals surface area contributed by atoms with Crippen LogP contribution in [0.4, 0.5) is 11.5 Å². The molecule has 0 bridgehead atoms. The number of nitrogens with two attached hydrogens (primary N) is 1. The zero-order chi connectivity index (χ0) is 12.5. The highest BCUT2D eigenvalue weighted by Gasteiger charge is 2.27. The highest BCUT2D eigenvalue weighted by atomic mass is 16.1. The van der Waals surface area contributed by atoms with E-state index in [0.29, 0.717) is 17.9 Å². The highest BCUT2D eigenvalue weighted by molar-refractivity contribution is 5.92. The first-order chi connectivity index (χ1) is 7.96. The quantitative estimate of drug-likeness (QED) is 0.811. The third-order valence-electron chi connectivity index (χ3n) is 2.70. The van der Waals surface area contributed by atoms with Crippen molar-refractivity contribution in [2.45, 2.75) is 26.7 Å². The van der Waals surface area contributed by atoms with Gasteiger partial charge in [0.25, 0.3) is 0 Å². The third-order valence-corrected chi connectivity index (χ3v) is 2.70. The second kappa shape index (κ2) is 4.16. The second-order valence-corrected chi connectivity index (χ2v) is 5.10. The van der Waals surface area contributed by atoms with Crippen LogP contribution in [0.1, 0.15) is 26.7 Å². The fraction of sp³-hybridized carbons (Fsp3) is 0.417. The van der Waals surface area contributed by atoms with E-state index in [-0.39, 0.29) is 11.2 Å². The summed E-state index contributed by atoms with van der Waals surface area (Å²) in [6.45, 7) is 4.15. The van der Waals surface area contributed by atoms with Gasteiger partial charge in [0.05, 0.1) is 11.9 Å². The minimum atomic E-state index is -0.0153. The predicted molar refractivity (Wildman–Crippen MR) is 66.2 cm³/mol. The van der Waals surface area contributed by atoms with Crippen molar-refractivity contribution in [1.29, 1.82) is 0 Å². The van der Waals surface area contributed by atoms with Crippen LogP contribution in [0.25, 0.3) is 0 Å². The molecule has 1 aliphatic carbocycles. The third kappa shape index (κ3) is 2.81. The van der Waals surface area contributed by atoms with E-state index in [2.05, 4.69) is 29.1 Å². The average Bonchev–Trinajstić information content (AvgIpc) is 2.18. The van der Waals surface area contributed by atoms with Gasteiger partial charge in [0.2, 0.25) is 0 Å². The van der Waals surface area contributed by atoms with Crippen LogP contribution in [0.2, 0.25) is 0 Å². The summed E-state index contributed by atoms with van der Waals surface area (Å²) in [5.74, 6) is 0.524. The molecule has 90 valence electrons. The molecule has 3 N–H and O–H groups in total. The standard InChI is InChI=1S/C12H16N4O/c1-12(2)4-8(3-9(17)5-12)16-10-6-14-7-15-11(10)13/h3,6-7,16H,4-5H2,1-2H3,(H2,13,14,15). The second-order valence-electron chi connectivity index (χ2n) is 5.10. The lowest BCUT2D eigenvalue weighted by atomic mass is 9.79. The van der Waals surface area contributed by atoms with Gasteiger partial charge in [-0.25, -0.2) is 9.97 Å². The maximum atomic E-state index is 11.6. The van der Waals surface area contributed by atoms with Crippen LogP contribution < -0.4 is 11.1 Å². The molecule has 1 aliphatic rings. The van der Waals surface area contributed by atoms with Crippen molar-refractivity contribution in [1.82, 2.24) is 9.97 Å². The molecule has 1 heterocycles. The van der Waals surface area contributed by atoms with Crippen molar-refractivity contribution in [3.05, 3.63) is 24.3 Å². The van der Waals surface area contributed by atoms with Gasteiger partial charge in [0.1, 0.15) is 6.33 Å². The Kier molecular flexibility index (Phi) is 2.83. The maximum Gasteiger partial charge on any atom is 0.157 e. The molecule has 0 saturated carbocycles. The number of ketones is 1. The summed E-state index contributed by atoms with van der Waals surface area (Å²) in [5.41, 5.74) is 7.21. The molecule has 0 atom stereocenters. The molecular formula is C12H16N4O. The molecule has 2 rings (SSSR count). The Hall–Kier alpha value is -1.91. The number of carbonyl (C=O) groups is 1. The van der Waals surface area contributed by atoms with E-state index in [1.807, 2.05) is 0 Å². The minimum Gasteiger partial charge on any atom is -0.382 e. The van der Waals surface area contributed by atoms with E-state index < -0.39 is 0 Å². The number of aromatic nitrogens is 2. The first-order valence-electron chi connectivity index (χ1n) is 5.52. The summed E-state index contributed by atoms with van der Waals surface area (Å²) in [6, 6.07) is 0. The van der Waals surface area contributed by atoms with Gasteiger partial charge in [-0.05, 0) is 11.8 Å². The van der Waals surface area contributed by atoms with Gasteiger partial charge in [-0.2, -0.15) is 0 Å². The van der Waals surface area contributed by atoms with Crippen LogP contribution in [-0.2, 0) is 4.79 Å². The summed E-state index contributed by atoms with van der Waals surface area (Å²) in [7, 11) is 0. The number of anilines is 2. The van der Waals surface area contributed by atoms with Crippen LogP contribution in [0.5, 0.6) is 0 Å². The number of hydrogen-bond donors (Lipinski definition) is 2. The Morgan fingerprint density at radius 3 is 2.82 bits per heavy atom. The SMILES string of the molecule is CC1(C)CC(=O)C=C(Nc2cncnc2N)C1. The molecule has 0 radical (unpaired) electrons. The molecule has 1 aromatic rings. The predicted octanol–water partition coefficient (Wildman–Crippen LogP) is 1.74. The summed E-state index contributed by atoms with van der Waals surface area (Å²) in [4.78, 5) is 19.4. The molecule has 0 aromatic carbocycles. The lowest BCUT2D eigenvalue weighted by molar-refractivity contribution is -0.117. The average molecular weight is 232 g/mol. The molecule has 0 unspecified atom stereocenters. The van der Waals surface area contributed by atoms with E-state index in [1.54, 1.807) is 12.3 Å². The van der Waals surface area contributed by atoms with E-state index >= 15 is 0 Å². The van der Waals surface area contributed by atoms with Crippen LogP contribution in [0.3, 0.4) is 0 Å². The number of rotatable bonds is 2. The number of nitrogen functional groups attached to an aromatic ring is 1. The largest absolute Gasteiger partial charge is 0.382 e. The van der Waals surface area contributed by atoms with Gasteiger partial charge < -0.3 is 11.1 Å². The molecule has 0 saturated heterocycles. The van der Waals surface area contributed by atoms with Crippen LogP contribution in [0, 0.1) is 5.41 Å². The van der Waals surface area contributed by atoms with Crippen molar-refractivity contribution < 1.29 is 4.79 Å². The molecule has 0 spiro atoms. The minimum absolute atomic E-state index is 0.0153. The molecule has 17 heavy (non-hydrogen) atoms. The van der Waals surface area contributed by atoms with Crippen LogP contribution >= 0.6 is 0 Å². The molecule has 0 aliphatic heterocycles. The van der Waals surface area contributed by atoms with E-state index in [0.717, 1.165) is 12.1 Å². The summed E-state index contributed by atoms with van der Waals surface area (Å²) >= 11 is 0. The number of nitrogens with zero attached hydrogens (tertiary/aromatic N) is 2. The monoisotopic (exact) mass is 232 g/mol. The van der Waals surface area contributed by atoms with Gasteiger partial charge in [-0.1, -0.05) is 13.8 Å². The van der Waals surface area contributed by atoms with E-state index in [1.165, 1.54) is 6.33 Å². The molecule has 1 aromatic heterocycles. The Bertz CT molecular complexity index is 479. The van der Waals surface area contributed by atoms with Crippen LogP contribution in [-0.4, -0.2) is 15.8 Å². The first-order valence-corrected chi connectivity index (χ1v) is 5.52. The van der Waals surface area contributed by atoms with Gasteiger partial charge >= 0.3 is 0 Å².